The van der Waals surface area contributed by atoms with Gasteiger partial charge in [-0.05, 0) is 55.9 Å². The number of benzene rings is 2. The van der Waals surface area contributed by atoms with Gasteiger partial charge in [0, 0.05) is 25.0 Å². The van der Waals surface area contributed by atoms with Crippen molar-refractivity contribution in [3.63, 3.8) is 0 Å². The number of nitrogens with one attached hydrogen (secondary N) is 3. The number of amides is 1. The van der Waals surface area contributed by atoms with Crippen molar-refractivity contribution >= 4 is 28.6 Å². The minimum atomic E-state index is -4.86. The van der Waals surface area contributed by atoms with Gasteiger partial charge in [0.25, 0.3) is 5.91 Å². The number of halogens is 3. The molecule has 1 amide bonds. The van der Waals surface area contributed by atoms with E-state index in [0.717, 1.165) is 48.5 Å². The van der Waals surface area contributed by atoms with Gasteiger partial charge in [-0.1, -0.05) is 24.3 Å². The van der Waals surface area contributed by atoms with Gasteiger partial charge in [0.05, 0.1) is 11.1 Å². The molecule has 1 aliphatic rings. The molecule has 1 aliphatic carbocycles. The summed E-state index contributed by atoms with van der Waals surface area (Å²) in [6, 6.07) is 13.4. The van der Waals surface area contributed by atoms with Gasteiger partial charge < -0.3 is 20.7 Å². The molecular formula is C24H26F3N5O2. The summed E-state index contributed by atoms with van der Waals surface area (Å²) in [5, 5.41) is 10.2. The van der Waals surface area contributed by atoms with E-state index in [0.29, 0.717) is 12.5 Å². The molecule has 0 bridgehead atoms. The standard InChI is InChI=1S/C24H26F3N5O2/c1-28-21-17-6-2-4-8-19(17)31-23(32-21)30-16-12-10-15(11-13-16)14-29-22(33)18-7-3-5-9-20(18)34-24(25,26)27/h2-9,15-16H,10-14H2,1H3,(H,29,33)(H2,28,30,31,32). The van der Waals surface area contributed by atoms with Gasteiger partial charge in [0.1, 0.15) is 11.6 Å². The molecule has 180 valence electrons. The summed E-state index contributed by atoms with van der Waals surface area (Å²) in [5.74, 6) is 0.490. The van der Waals surface area contributed by atoms with E-state index in [-0.39, 0.29) is 17.5 Å². The van der Waals surface area contributed by atoms with Gasteiger partial charge in [-0.2, -0.15) is 4.98 Å². The summed E-state index contributed by atoms with van der Waals surface area (Å²) in [5.41, 5.74) is 0.722. The van der Waals surface area contributed by atoms with Crippen molar-refractivity contribution in [3.8, 4) is 5.75 Å². The number of anilines is 2. The molecule has 3 aromatic rings. The number of hydrogen-bond acceptors (Lipinski definition) is 6. The third-order valence-corrected chi connectivity index (χ3v) is 5.93. The zero-order valence-electron chi connectivity index (χ0n) is 18.7. The fourth-order valence-corrected chi connectivity index (χ4v) is 4.23. The molecule has 0 atom stereocenters. The topological polar surface area (TPSA) is 88.2 Å². The van der Waals surface area contributed by atoms with Crippen molar-refractivity contribution in [1.82, 2.24) is 15.3 Å². The van der Waals surface area contributed by atoms with Crippen LogP contribution in [0.4, 0.5) is 24.9 Å². The average Bonchev–Trinajstić information content (AvgIpc) is 2.82. The molecule has 10 heteroatoms. The van der Waals surface area contributed by atoms with Crippen molar-refractivity contribution in [3.05, 3.63) is 54.1 Å². The molecule has 4 rings (SSSR count). The highest BCUT2D eigenvalue weighted by Crippen LogP contribution is 2.29. The third-order valence-electron chi connectivity index (χ3n) is 5.93. The monoisotopic (exact) mass is 473 g/mol. The second kappa shape index (κ2) is 10.1. The van der Waals surface area contributed by atoms with Crippen LogP contribution in [0.1, 0.15) is 36.0 Å². The number of fused-ring (bicyclic) bond motifs is 1. The Labute approximate surface area is 195 Å². The highest BCUT2D eigenvalue weighted by atomic mass is 19.4. The van der Waals surface area contributed by atoms with Gasteiger partial charge in [0.15, 0.2) is 0 Å². The van der Waals surface area contributed by atoms with E-state index in [1.807, 2.05) is 31.3 Å². The predicted molar refractivity (Wildman–Crippen MR) is 124 cm³/mol. The predicted octanol–water partition coefficient (Wildman–Crippen LogP) is 4.97. The number of hydrogen-bond donors (Lipinski definition) is 3. The van der Waals surface area contributed by atoms with Crippen LogP contribution < -0.4 is 20.7 Å². The summed E-state index contributed by atoms with van der Waals surface area (Å²) >= 11 is 0. The lowest BCUT2D eigenvalue weighted by molar-refractivity contribution is -0.274. The number of ether oxygens (including phenoxy) is 1. The Hall–Kier alpha value is -3.56. The molecule has 0 unspecified atom stereocenters. The van der Waals surface area contributed by atoms with Gasteiger partial charge >= 0.3 is 6.36 Å². The van der Waals surface area contributed by atoms with E-state index in [1.54, 1.807) is 0 Å². The average molecular weight is 473 g/mol. The normalized spacial score (nSPS) is 18.4. The molecule has 1 heterocycles. The highest BCUT2D eigenvalue weighted by Gasteiger charge is 2.33. The van der Waals surface area contributed by atoms with Crippen LogP contribution in [0.15, 0.2) is 48.5 Å². The molecule has 7 nitrogen and oxygen atoms in total. The van der Waals surface area contributed by atoms with Crippen LogP contribution in [-0.4, -0.2) is 41.9 Å². The Morgan fingerprint density at radius 1 is 1.03 bits per heavy atom. The quantitative estimate of drug-likeness (QED) is 0.449. The number of para-hydroxylation sites is 2. The smallest absolute Gasteiger partial charge is 0.405 e. The molecule has 1 aromatic heterocycles. The Bertz CT molecular complexity index is 1150. The Morgan fingerprint density at radius 3 is 2.47 bits per heavy atom. The Kier molecular flexibility index (Phi) is 7.04. The lowest BCUT2D eigenvalue weighted by Gasteiger charge is -2.29. The first kappa shape index (κ1) is 23.6. The van der Waals surface area contributed by atoms with Gasteiger partial charge in [-0.3, -0.25) is 4.79 Å². The SMILES string of the molecule is CNc1nc(NC2CCC(CNC(=O)c3ccccc3OC(F)(F)F)CC2)nc2ccccc12. The number of nitrogens with zero attached hydrogens (tertiary/aromatic N) is 2. The van der Waals surface area contributed by atoms with E-state index in [4.69, 9.17) is 0 Å². The van der Waals surface area contributed by atoms with Gasteiger partial charge in [0.2, 0.25) is 5.95 Å². The summed E-state index contributed by atoms with van der Waals surface area (Å²) in [6.07, 6.45) is -1.38. The number of carbonyl (C=O) groups is 1. The molecule has 3 N–H and O–H groups in total. The highest BCUT2D eigenvalue weighted by molar-refractivity contribution is 5.96. The maximum atomic E-state index is 12.6. The minimum Gasteiger partial charge on any atom is -0.405 e. The summed E-state index contributed by atoms with van der Waals surface area (Å²) < 4.78 is 41.8. The van der Waals surface area contributed by atoms with Crippen molar-refractivity contribution in [1.29, 1.82) is 0 Å². The molecule has 0 aliphatic heterocycles. The Morgan fingerprint density at radius 2 is 1.74 bits per heavy atom. The van der Waals surface area contributed by atoms with E-state index < -0.39 is 18.0 Å². The van der Waals surface area contributed by atoms with Crippen molar-refractivity contribution in [2.45, 2.75) is 38.1 Å². The summed E-state index contributed by atoms with van der Waals surface area (Å²) in [6.45, 7) is 0.391. The van der Waals surface area contributed by atoms with Crippen LogP contribution >= 0.6 is 0 Å². The van der Waals surface area contributed by atoms with E-state index >= 15 is 0 Å². The molecule has 0 radical (unpaired) electrons. The van der Waals surface area contributed by atoms with Gasteiger partial charge in [-0.25, -0.2) is 4.98 Å². The zero-order chi connectivity index (χ0) is 24.1. The maximum Gasteiger partial charge on any atom is 0.573 e. The molecule has 1 fully saturated rings. The van der Waals surface area contributed by atoms with Crippen LogP contribution in [0.5, 0.6) is 5.75 Å². The Balaban J connectivity index is 1.30. The second-order valence-electron chi connectivity index (χ2n) is 8.28. The first-order chi connectivity index (χ1) is 16.3. The first-order valence-electron chi connectivity index (χ1n) is 11.2. The van der Waals surface area contributed by atoms with Crippen molar-refractivity contribution < 1.29 is 22.7 Å². The van der Waals surface area contributed by atoms with E-state index in [9.17, 15) is 18.0 Å². The van der Waals surface area contributed by atoms with Crippen molar-refractivity contribution in [2.24, 2.45) is 5.92 Å². The number of carbonyl (C=O) groups excluding carboxylic acids is 1. The number of aromatic nitrogens is 2. The van der Waals surface area contributed by atoms with Crippen LogP contribution in [0.25, 0.3) is 10.9 Å². The molecular weight excluding hydrogens is 447 g/mol. The molecule has 1 saturated carbocycles. The second-order valence-corrected chi connectivity index (χ2v) is 8.28. The minimum absolute atomic E-state index is 0.135. The summed E-state index contributed by atoms with van der Waals surface area (Å²) in [7, 11) is 1.83. The molecule has 34 heavy (non-hydrogen) atoms. The van der Waals surface area contributed by atoms with Crippen LogP contribution in [-0.2, 0) is 0 Å². The molecule has 0 spiro atoms. The fourth-order valence-electron chi connectivity index (χ4n) is 4.23. The summed E-state index contributed by atoms with van der Waals surface area (Å²) in [4.78, 5) is 21.7. The lowest BCUT2D eigenvalue weighted by atomic mass is 9.86. The van der Waals surface area contributed by atoms with Crippen LogP contribution in [0.2, 0.25) is 0 Å². The number of rotatable bonds is 7. The first-order valence-corrected chi connectivity index (χ1v) is 11.2. The van der Waals surface area contributed by atoms with E-state index in [1.165, 1.54) is 18.2 Å². The molecule has 2 aromatic carbocycles. The largest absolute Gasteiger partial charge is 0.573 e. The van der Waals surface area contributed by atoms with Crippen LogP contribution in [0, 0.1) is 5.92 Å². The van der Waals surface area contributed by atoms with Gasteiger partial charge in [-0.15, -0.1) is 13.2 Å². The van der Waals surface area contributed by atoms with Crippen molar-refractivity contribution in [2.75, 3.05) is 24.2 Å². The number of alkyl halides is 3. The van der Waals surface area contributed by atoms with E-state index in [2.05, 4.69) is 30.7 Å². The fraction of sp³-hybridized carbons (Fsp3) is 0.375. The van der Waals surface area contributed by atoms with Crippen LogP contribution in [0.3, 0.4) is 0 Å². The third kappa shape index (κ3) is 5.86. The molecule has 0 saturated heterocycles. The zero-order valence-corrected chi connectivity index (χ0v) is 18.7. The maximum absolute atomic E-state index is 12.6. The lowest BCUT2D eigenvalue weighted by Crippen LogP contribution is -2.34.